The van der Waals surface area contributed by atoms with Crippen LogP contribution in [0, 0.1) is 0 Å². The van der Waals surface area contributed by atoms with Gasteiger partial charge in [0.25, 0.3) is 0 Å². The number of benzene rings is 1. The summed E-state index contributed by atoms with van der Waals surface area (Å²) in [5, 5.41) is 3.16. The van der Waals surface area contributed by atoms with E-state index in [9.17, 15) is 0 Å². The van der Waals surface area contributed by atoms with E-state index < -0.39 is 0 Å². The summed E-state index contributed by atoms with van der Waals surface area (Å²) in [6, 6.07) is 6.32. The predicted octanol–water partition coefficient (Wildman–Crippen LogP) is 2.06. The Hall–Kier alpha value is -1.06. The zero-order chi connectivity index (χ0) is 9.97. The first kappa shape index (κ1) is 9.49. The van der Waals surface area contributed by atoms with Gasteiger partial charge >= 0.3 is 0 Å². The lowest BCUT2D eigenvalue weighted by atomic mass is 10.1. The largest absolute Gasteiger partial charge is 0.345 e. The number of hydrogen-bond acceptors (Lipinski definition) is 2. The fraction of sp³-hybridized carbons (Fsp3) is 0.300. The maximum Gasteiger partial charge on any atom is 0.0931 e. The van der Waals surface area contributed by atoms with Crippen molar-refractivity contribution in [3.8, 4) is 0 Å². The van der Waals surface area contributed by atoms with Crippen LogP contribution in [0.5, 0.6) is 0 Å². The Morgan fingerprint density at radius 2 is 2.43 bits per heavy atom. The van der Waals surface area contributed by atoms with Crippen LogP contribution in [0.4, 0.5) is 0 Å². The van der Waals surface area contributed by atoms with E-state index in [-0.39, 0.29) is 6.04 Å². The molecule has 0 bridgehead atoms. The van der Waals surface area contributed by atoms with Crippen molar-refractivity contribution in [1.29, 1.82) is 0 Å². The molecule has 14 heavy (non-hydrogen) atoms. The smallest absolute Gasteiger partial charge is 0.0931 e. The molecular formula is C10H12ClN3. The van der Waals surface area contributed by atoms with Crippen LogP contribution in [0.15, 0.2) is 24.5 Å². The van der Waals surface area contributed by atoms with Crippen molar-refractivity contribution < 1.29 is 0 Å². The molecule has 0 fully saturated rings. The molecule has 2 aromatic rings. The zero-order valence-corrected chi connectivity index (χ0v) is 8.67. The van der Waals surface area contributed by atoms with Crippen molar-refractivity contribution in [2.75, 3.05) is 12.9 Å². The number of alkyl halides is 1. The molecule has 1 heterocycles. The van der Waals surface area contributed by atoms with Gasteiger partial charge in [-0.25, -0.2) is 4.98 Å². The van der Waals surface area contributed by atoms with Gasteiger partial charge in [0.2, 0.25) is 0 Å². The summed E-state index contributed by atoms with van der Waals surface area (Å²) in [5.74, 6) is 0.566. The fourth-order valence-electron chi connectivity index (χ4n) is 1.50. The lowest BCUT2D eigenvalue weighted by Gasteiger charge is -2.12. The molecule has 2 rings (SSSR count). The highest BCUT2D eigenvalue weighted by atomic mass is 35.5. The topological polar surface area (TPSA) is 40.7 Å². The van der Waals surface area contributed by atoms with Crippen LogP contribution in [0.25, 0.3) is 11.0 Å². The fourth-order valence-corrected chi connectivity index (χ4v) is 1.84. The van der Waals surface area contributed by atoms with Gasteiger partial charge in [0, 0.05) is 11.9 Å². The Bertz CT molecular complexity index is 420. The molecule has 0 aliphatic carbocycles. The van der Waals surface area contributed by atoms with Gasteiger partial charge in [-0.3, -0.25) is 0 Å². The molecule has 1 unspecified atom stereocenters. The van der Waals surface area contributed by atoms with E-state index in [2.05, 4.69) is 21.4 Å². The maximum atomic E-state index is 5.84. The molecule has 1 atom stereocenters. The number of nitrogens with one attached hydrogen (secondary N) is 2. The van der Waals surface area contributed by atoms with Crippen molar-refractivity contribution in [2.45, 2.75) is 6.04 Å². The number of nitrogens with zero attached hydrogens (tertiary/aromatic N) is 1. The maximum absolute atomic E-state index is 5.84. The minimum atomic E-state index is 0.198. The first-order valence-corrected chi connectivity index (χ1v) is 5.05. The van der Waals surface area contributed by atoms with Crippen molar-refractivity contribution in [3.63, 3.8) is 0 Å². The van der Waals surface area contributed by atoms with Gasteiger partial charge in [-0.1, -0.05) is 6.07 Å². The van der Waals surface area contributed by atoms with E-state index in [1.54, 1.807) is 6.33 Å². The van der Waals surface area contributed by atoms with Gasteiger partial charge in [0.1, 0.15) is 0 Å². The lowest BCUT2D eigenvalue weighted by Crippen LogP contribution is -2.17. The SMILES string of the molecule is CNC(CCl)c1ccc2nc[nH]c2c1. The summed E-state index contributed by atoms with van der Waals surface area (Å²) >= 11 is 5.84. The number of imidazole rings is 1. The predicted molar refractivity (Wildman–Crippen MR) is 58.6 cm³/mol. The highest BCUT2D eigenvalue weighted by molar-refractivity contribution is 6.18. The summed E-state index contributed by atoms with van der Waals surface area (Å²) in [6.07, 6.45) is 1.70. The van der Waals surface area contributed by atoms with Crippen LogP contribution in [0.1, 0.15) is 11.6 Å². The highest BCUT2D eigenvalue weighted by Crippen LogP contribution is 2.18. The molecule has 0 aliphatic heterocycles. The molecule has 4 heteroatoms. The Balaban J connectivity index is 2.42. The summed E-state index contributed by atoms with van der Waals surface area (Å²) in [6.45, 7) is 0. The molecule has 0 aliphatic rings. The van der Waals surface area contributed by atoms with Gasteiger partial charge < -0.3 is 10.3 Å². The van der Waals surface area contributed by atoms with Crippen LogP contribution in [-0.4, -0.2) is 22.9 Å². The quantitative estimate of drug-likeness (QED) is 0.760. The van der Waals surface area contributed by atoms with Crippen molar-refractivity contribution in [3.05, 3.63) is 30.1 Å². The zero-order valence-electron chi connectivity index (χ0n) is 7.92. The molecular weight excluding hydrogens is 198 g/mol. The van der Waals surface area contributed by atoms with Gasteiger partial charge in [0.05, 0.1) is 17.4 Å². The average Bonchev–Trinajstić information content (AvgIpc) is 2.66. The number of aromatic amines is 1. The highest BCUT2D eigenvalue weighted by Gasteiger charge is 2.08. The molecule has 2 N–H and O–H groups in total. The second kappa shape index (κ2) is 3.98. The van der Waals surface area contributed by atoms with Gasteiger partial charge in [0.15, 0.2) is 0 Å². The monoisotopic (exact) mass is 209 g/mol. The number of hydrogen-bond donors (Lipinski definition) is 2. The molecule has 1 aromatic carbocycles. The van der Waals surface area contributed by atoms with E-state index >= 15 is 0 Å². The van der Waals surface area contributed by atoms with Crippen LogP contribution in [0.3, 0.4) is 0 Å². The third kappa shape index (κ3) is 1.61. The molecule has 0 spiro atoms. The Morgan fingerprint density at radius 3 is 3.14 bits per heavy atom. The third-order valence-electron chi connectivity index (χ3n) is 2.35. The van der Waals surface area contributed by atoms with Crippen LogP contribution >= 0.6 is 11.6 Å². The van der Waals surface area contributed by atoms with E-state index in [1.165, 1.54) is 5.56 Å². The molecule has 1 aromatic heterocycles. The van der Waals surface area contributed by atoms with E-state index in [0.29, 0.717) is 5.88 Å². The summed E-state index contributed by atoms with van der Waals surface area (Å²) in [7, 11) is 1.91. The van der Waals surface area contributed by atoms with E-state index in [1.807, 2.05) is 19.2 Å². The standard InChI is InChI=1S/C10H12ClN3/c1-12-10(5-11)7-2-3-8-9(4-7)14-6-13-8/h2-4,6,10,12H,5H2,1H3,(H,13,14). The van der Waals surface area contributed by atoms with Crippen molar-refractivity contribution >= 4 is 22.6 Å². The summed E-state index contributed by atoms with van der Waals surface area (Å²) in [4.78, 5) is 7.24. The van der Waals surface area contributed by atoms with Gasteiger partial charge in [-0.2, -0.15) is 0 Å². The minimum absolute atomic E-state index is 0.198. The molecule has 3 nitrogen and oxygen atoms in total. The lowest BCUT2D eigenvalue weighted by molar-refractivity contribution is 0.659. The van der Waals surface area contributed by atoms with Gasteiger partial charge in [-0.05, 0) is 24.7 Å². The molecule has 0 amide bonds. The molecule has 74 valence electrons. The number of aromatic nitrogens is 2. The first-order chi connectivity index (χ1) is 6.85. The van der Waals surface area contributed by atoms with Crippen LogP contribution < -0.4 is 5.32 Å². The van der Waals surface area contributed by atoms with Crippen molar-refractivity contribution in [1.82, 2.24) is 15.3 Å². The van der Waals surface area contributed by atoms with Crippen LogP contribution in [-0.2, 0) is 0 Å². The second-order valence-corrected chi connectivity index (χ2v) is 3.48. The first-order valence-electron chi connectivity index (χ1n) is 4.51. The number of halogens is 1. The van der Waals surface area contributed by atoms with Crippen LogP contribution in [0.2, 0.25) is 0 Å². The molecule has 0 radical (unpaired) electrons. The average molecular weight is 210 g/mol. The third-order valence-corrected chi connectivity index (χ3v) is 2.66. The molecule has 0 saturated heterocycles. The second-order valence-electron chi connectivity index (χ2n) is 3.17. The van der Waals surface area contributed by atoms with Crippen molar-refractivity contribution in [2.24, 2.45) is 0 Å². The van der Waals surface area contributed by atoms with E-state index in [0.717, 1.165) is 11.0 Å². The Kier molecular flexibility index (Phi) is 2.70. The normalized spacial score (nSPS) is 13.3. The number of H-pyrrole nitrogens is 1. The summed E-state index contributed by atoms with van der Waals surface area (Å²) in [5.41, 5.74) is 3.21. The van der Waals surface area contributed by atoms with E-state index in [4.69, 9.17) is 11.6 Å². The van der Waals surface area contributed by atoms with Gasteiger partial charge in [-0.15, -0.1) is 11.6 Å². The minimum Gasteiger partial charge on any atom is -0.345 e. The summed E-state index contributed by atoms with van der Waals surface area (Å²) < 4.78 is 0. The molecule has 0 saturated carbocycles. The Labute approximate surface area is 87.5 Å². The number of fused-ring (bicyclic) bond motifs is 1. The Morgan fingerprint density at radius 1 is 1.57 bits per heavy atom. The number of rotatable bonds is 3.